The number of halogens is 2. The van der Waals surface area contributed by atoms with Crippen molar-refractivity contribution in [1.29, 1.82) is 0 Å². The zero-order chi connectivity index (χ0) is 15.7. The normalized spacial score (nSPS) is 10.8. The lowest BCUT2D eigenvalue weighted by molar-refractivity contribution is 0.0955. The number of aromatic nitrogens is 2. The number of hydrogen-bond acceptors (Lipinski definition) is 5. The number of benzene rings is 1. The number of thiophene rings is 1. The van der Waals surface area contributed by atoms with E-state index in [1.54, 1.807) is 6.07 Å². The van der Waals surface area contributed by atoms with Gasteiger partial charge in [0.05, 0.1) is 11.9 Å². The molecule has 0 unspecified atom stereocenters. The van der Waals surface area contributed by atoms with Crippen LogP contribution in [0.3, 0.4) is 0 Å². The van der Waals surface area contributed by atoms with Crippen molar-refractivity contribution in [1.82, 2.24) is 15.5 Å². The molecule has 8 heteroatoms. The summed E-state index contributed by atoms with van der Waals surface area (Å²) in [5.74, 6) is -2.40. The number of nitrogen functional groups attached to an aromatic ring is 1. The molecule has 2 heterocycles. The lowest BCUT2D eigenvalue weighted by atomic mass is 10.2. The largest absolute Gasteiger partial charge is 0.397 e. The molecule has 3 aromatic rings. The predicted octanol–water partition coefficient (Wildman–Crippen LogP) is 2.48. The van der Waals surface area contributed by atoms with Gasteiger partial charge in [0, 0.05) is 17.5 Å². The van der Waals surface area contributed by atoms with Crippen molar-refractivity contribution < 1.29 is 13.6 Å². The van der Waals surface area contributed by atoms with E-state index >= 15 is 0 Å². The van der Waals surface area contributed by atoms with Crippen LogP contribution in [0.4, 0.5) is 14.5 Å². The highest BCUT2D eigenvalue weighted by Crippen LogP contribution is 2.31. The van der Waals surface area contributed by atoms with Crippen molar-refractivity contribution >= 4 is 33.1 Å². The Labute approximate surface area is 127 Å². The first-order valence-corrected chi connectivity index (χ1v) is 7.10. The Kier molecular flexibility index (Phi) is 3.68. The van der Waals surface area contributed by atoms with Gasteiger partial charge in [-0.15, -0.1) is 16.4 Å². The van der Waals surface area contributed by atoms with E-state index in [9.17, 15) is 13.6 Å². The van der Waals surface area contributed by atoms with Crippen molar-refractivity contribution in [2.45, 2.75) is 6.54 Å². The van der Waals surface area contributed by atoms with Crippen LogP contribution >= 0.6 is 11.3 Å². The Morgan fingerprint density at radius 1 is 1.32 bits per heavy atom. The maximum Gasteiger partial charge on any atom is 0.263 e. The molecule has 0 atom stereocenters. The molecule has 1 amide bonds. The van der Waals surface area contributed by atoms with Gasteiger partial charge in [0.25, 0.3) is 5.91 Å². The van der Waals surface area contributed by atoms with Crippen LogP contribution in [0.1, 0.15) is 15.2 Å². The summed E-state index contributed by atoms with van der Waals surface area (Å²) < 4.78 is 26.6. The average molecular weight is 320 g/mol. The molecule has 0 saturated heterocycles. The summed E-state index contributed by atoms with van der Waals surface area (Å²) in [5.41, 5.74) is 6.27. The van der Waals surface area contributed by atoms with Gasteiger partial charge in [-0.25, -0.2) is 8.78 Å². The van der Waals surface area contributed by atoms with E-state index in [1.165, 1.54) is 18.3 Å². The molecule has 0 aliphatic rings. The first-order chi connectivity index (χ1) is 10.6. The Morgan fingerprint density at radius 3 is 2.91 bits per heavy atom. The van der Waals surface area contributed by atoms with Crippen LogP contribution in [-0.4, -0.2) is 16.1 Å². The summed E-state index contributed by atoms with van der Waals surface area (Å²) in [6, 6.07) is 5.46. The molecular weight excluding hydrogens is 310 g/mol. The minimum absolute atomic E-state index is 0.0628. The fourth-order valence-electron chi connectivity index (χ4n) is 1.98. The van der Waals surface area contributed by atoms with Gasteiger partial charge in [-0.05, 0) is 12.1 Å². The average Bonchev–Trinajstić information content (AvgIpc) is 2.86. The van der Waals surface area contributed by atoms with Crippen LogP contribution in [-0.2, 0) is 6.54 Å². The molecule has 0 fully saturated rings. The quantitative estimate of drug-likeness (QED) is 0.777. The number of carbonyl (C=O) groups is 1. The maximum absolute atomic E-state index is 13.5. The molecule has 112 valence electrons. The van der Waals surface area contributed by atoms with E-state index < -0.39 is 17.5 Å². The van der Waals surface area contributed by atoms with Crippen molar-refractivity contribution in [2.75, 3.05) is 5.73 Å². The molecular formula is C14H10F2N4OS. The van der Waals surface area contributed by atoms with Crippen LogP contribution in [0.2, 0.25) is 0 Å². The number of anilines is 1. The highest BCUT2D eigenvalue weighted by atomic mass is 32.1. The lowest BCUT2D eigenvalue weighted by Crippen LogP contribution is -2.23. The molecule has 3 rings (SSSR count). The minimum atomic E-state index is -0.974. The number of nitrogens with two attached hydrogens (primary N) is 1. The monoisotopic (exact) mass is 320 g/mol. The summed E-state index contributed by atoms with van der Waals surface area (Å²) in [6.07, 6.45) is 1.48. The van der Waals surface area contributed by atoms with E-state index in [2.05, 4.69) is 15.5 Å². The summed E-state index contributed by atoms with van der Waals surface area (Å²) >= 11 is 1.10. The second-order valence-corrected chi connectivity index (χ2v) is 5.49. The van der Waals surface area contributed by atoms with Crippen LogP contribution in [0.25, 0.3) is 10.2 Å². The van der Waals surface area contributed by atoms with Crippen molar-refractivity contribution in [3.05, 3.63) is 52.5 Å². The van der Waals surface area contributed by atoms with Crippen LogP contribution < -0.4 is 11.1 Å². The van der Waals surface area contributed by atoms with Gasteiger partial charge in [0.2, 0.25) is 0 Å². The number of amides is 1. The predicted molar refractivity (Wildman–Crippen MR) is 79.4 cm³/mol. The molecule has 0 aliphatic carbocycles. The fraction of sp³-hybridized carbons (Fsp3) is 0.0714. The molecule has 0 spiro atoms. The number of hydrogen-bond donors (Lipinski definition) is 2. The van der Waals surface area contributed by atoms with Crippen molar-refractivity contribution in [2.24, 2.45) is 0 Å². The third-order valence-corrected chi connectivity index (χ3v) is 4.20. The van der Waals surface area contributed by atoms with Crippen LogP contribution in [0.15, 0.2) is 30.5 Å². The molecule has 22 heavy (non-hydrogen) atoms. The maximum atomic E-state index is 13.5. The number of rotatable bonds is 3. The smallest absolute Gasteiger partial charge is 0.263 e. The molecule has 0 aliphatic heterocycles. The van der Waals surface area contributed by atoms with Gasteiger partial charge in [0.1, 0.15) is 9.71 Å². The van der Waals surface area contributed by atoms with Crippen molar-refractivity contribution in [3.8, 4) is 0 Å². The van der Waals surface area contributed by atoms with Gasteiger partial charge >= 0.3 is 0 Å². The summed E-state index contributed by atoms with van der Waals surface area (Å²) in [5, 5.41) is 10.8. The highest BCUT2D eigenvalue weighted by Gasteiger charge is 2.17. The van der Waals surface area contributed by atoms with Crippen LogP contribution in [0.5, 0.6) is 0 Å². The SMILES string of the molecule is Nc1c(C(=O)NCc2cccc(F)c2F)sc2nnccc12. The highest BCUT2D eigenvalue weighted by molar-refractivity contribution is 7.21. The molecule has 0 bridgehead atoms. The Hall–Kier alpha value is -2.61. The third kappa shape index (κ3) is 2.48. The van der Waals surface area contributed by atoms with Gasteiger partial charge in [0.15, 0.2) is 11.6 Å². The number of carbonyl (C=O) groups excluding carboxylic acids is 1. The van der Waals surface area contributed by atoms with E-state index in [1.807, 2.05) is 0 Å². The molecule has 0 saturated carbocycles. The van der Waals surface area contributed by atoms with Gasteiger partial charge < -0.3 is 11.1 Å². The van der Waals surface area contributed by atoms with Gasteiger partial charge in [-0.1, -0.05) is 12.1 Å². The molecule has 1 aromatic carbocycles. The minimum Gasteiger partial charge on any atom is -0.397 e. The third-order valence-electron chi connectivity index (χ3n) is 3.10. The first kappa shape index (κ1) is 14.3. The zero-order valence-electron chi connectivity index (χ0n) is 11.1. The zero-order valence-corrected chi connectivity index (χ0v) is 12.0. The van der Waals surface area contributed by atoms with Gasteiger partial charge in [-0.2, -0.15) is 5.10 Å². The Bertz CT molecular complexity index is 865. The molecule has 0 radical (unpaired) electrons. The summed E-state index contributed by atoms with van der Waals surface area (Å²) in [4.78, 5) is 13.0. The number of nitrogens with zero attached hydrogens (tertiary/aromatic N) is 2. The molecule has 3 N–H and O–H groups in total. The Balaban J connectivity index is 1.82. The fourth-order valence-corrected chi connectivity index (χ4v) is 2.94. The number of fused-ring (bicyclic) bond motifs is 1. The van der Waals surface area contributed by atoms with Crippen LogP contribution in [0, 0.1) is 11.6 Å². The van der Waals surface area contributed by atoms with E-state index in [0.29, 0.717) is 15.9 Å². The topological polar surface area (TPSA) is 80.9 Å². The van der Waals surface area contributed by atoms with Gasteiger partial charge in [-0.3, -0.25) is 4.79 Å². The molecule has 5 nitrogen and oxygen atoms in total. The molecule has 2 aromatic heterocycles. The number of nitrogens with one attached hydrogen (secondary N) is 1. The van der Waals surface area contributed by atoms with E-state index in [0.717, 1.165) is 17.4 Å². The van der Waals surface area contributed by atoms with Crippen molar-refractivity contribution in [3.63, 3.8) is 0 Å². The van der Waals surface area contributed by atoms with E-state index in [-0.39, 0.29) is 17.0 Å². The van der Waals surface area contributed by atoms with E-state index in [4.69, 9.17) is 5.73 Å². The first-order valence-electron chi connectivity index (χ1n) is 6.28. The second kappa shape index (κ2) is 5.64. The Morgan fingerprint density at radius 2 is 2.14 bits per heavy atom. The summed E-state index contributed by atoms with van der Waals surface area (Å²) in [7, 11) is 0. The lowest BCUT2D eigenvalue weighted by Gasteiger charge is -2.06. The standard InChI is InChI=1S/C14H10F2N4OS/c15-9-3-1-2-7(10(9)16)6-18-13(21)12-11(17)8-4-5-19-20-14(8)22-12/h1-5H,6,17H2,(H,18,21). The second-order valence-electron chi connectivity index (χ2n) is 4.49. The summed E-state index contributed by atoms with van der Waals surface area (Å²) in [6.45, 7) is -0.137.